The quantitative estimate of drug-likeness (QED) is 0.681. The van der Waals surface area contributed by atoms with Gasteiger partial charge >= 0.3 is 0 Å². The number of hydrogen-bond acceptors (Lipinski definition) is 4. The first-order valence-corrected chi connectivity index (χ1v) is 8.74. The van der Waals surface area contributed by atoms with Crippen LogP contribution in [0.3, 0.4) is 0 Å². The monoisotopic (exact) mass is 376 g/mol. The van der Waals surface area contributed by atoms with Gasteiger partial charge in [-0.05, 0) is 42.8 Å². The first-order chi connectivity index (χ1) is 12.0. The van der Waals surface area contributed by atoms with Crippen molar-refractivity contribution < 1.29 is 9.18 Å². The fourth-order valence-corrected chi connectivity index (χ4v) is 3.03. The number of nitrogens with one attached hydrogen (secondary N) is 1. The van der Waals surface area contributed by atoms with Gasteiger partial charge in [0.05, 0.1) is 11.4 Å². The van der Waals surface area contributed by atoms with E-state index in [1.165, 1.54) is 30.0 Å². The van der Waals surface area contributed by atoms with Crippen LogP contribution in [0.2, 0.25) is 5.02 Å². The molecule has 2 aromatic carbocycles. The van der Waals surface area contributed by atoms with Gasteiger partial charge in [-0.2, -0.15) is 0 Å². The Kier molecular flexibility index (Phi) is 5.35. The highest BCUT2D eigenvalue weighted by molar-refractivity contribution is 7.99. The summed E-state index contributed by atoms with van der Waals surface area (Å²) in [6, 6.07) is 11.4. The minimum Gasteiger partial charge on any atom is -0.325 e. The van der Waals surface area contributed by atoms with Gasteiger partial charge in [-0.3, -0.25) is 9.36 Å². The minimum absolute atomic E-state index is 0.120. The van der Waals surface area contributed by atoms with E-state index < -0.39 is 5.82 Å². The molecule has 1 N–H and O–H groups in total. The third-order valence-electron chi connectivity index (χ3n) is 3.39. The molecule has 128 valence electrons. The number of rotatable bonds is 5. The molecule has 3 aromatic rings. The zero-order valence-electron chi connectivity index (χ0n) is 13.2. The average Bonchev–Trinajstić information content (AvgIpc) is 3.04. The van der Waals surface area contributed by atoms with E-state index in [9.17, 15) is 9.18 Å². The third-order valence-corrected chi connectivity index (χ3v) is 4.74. The van der Waals surface area contributed by atoms with Gasteiger partial charge in [0.15, 0.2) is 5.16 Å². The van der Waals surface area contributed by atoms with E-state index in [0.29, 0.717) is 15.9 Å². The first kappa shape index (κ1) is 17.4. The summed E-state index contributed by atoms with van der Waals surface area (Å²) in [7, 11) is 0. The zero-order valence-corrected chi connectivity index (χ0v) is 14.8. The number of nitrogens with zero attached hydrogens (tertiary/aromatic N) is 3. The van der Waals surface area contributed by atoms with Gasteiger partial charge in [0.1, 0.15) is 12.1 Å². The normalized spacial score (nSPS) is 10.7. The molecular weight excluding hydrogens is 363 g/mol. The van der Waals surface area contributed by atoms with Gasteiger partial charge < -0.3 is 5.32 Å². The number of carbonyl (C=O) groups excluding carboxylic acids is 1. The fourth-order valence-electron chi connectivity index (χ4n) is 2.12. The van der Waals surface area contributed by atoms with Crippen molar-refractivity contribution in [2.24, 2.45) is 0 Å². The molecule has 0 aliphatic heterocycles. The van der Waals surface area contributed by atoms with Gasteiger partial charge in [-0.15, -0.1) is 10.2 Å². The second kappa shape index (κ2) is 7.67. The Balaban J connectivity index is 1.67. The SMILES string of the molecule is Cc1ccc(-n2cnnc2SCC(=O)Nc2cccc(F)c2)cc1Cl. The number of benzene rings is 2. The molecule has 0 aliphatic rings. The molecule has 0 fully saturated rings. The van der Waals surface area contributed by atoms with Crippen molar-refractivity contribution in [2.75, 3.05) is 11.1 Å². The molecule has 0 unspecified atom stereocenters. The van der Waals surface area contributed by atoms with Crippen LogP contribution in [0.5, 0.6) is 0 Å². The highest BCUT2D eigenvalue weighted by atomic mass is 35.5. The second-order valence-electron chi connectivity index (χ2n) is 5.26. The minimum atomic E-state index is -0.401. The van der Waals surface area contributed by atoms with E-state index in [-0.39, 0.29) is 11.7 Å². The number of carbonyl (C=O) groups is 1. The van der Waals surface area contributed by atoms with Crippen LogP contribution in [0.15, 0.2) is 53.9 Å². The van der Waals surface area contributed by atoms with Gasteiger partial charge in [0.2, 0.25) is 5.91 Å². The maximum Gasteiger partial charge on any atom is 0.234 e. The summed E-state index contributed by atoms with van der Waals surface area (Å²) in [5.41, 5.74) is 2.20. The largest absolute Gasteiger partial charge is 0.325 e. The van der Waals surface area contributed by atoms with Crippen LogP contribution < -0.4 is 5.32 Å². The molecule has 0 saturated carbocycles. The number of anilines is 1. The molecule has 0 spiro atoms. The Morgan fingerprint density at radius 2 is 2.16 bits per heavy atom. The first-order valence-electron chi connectivity index (χ1n) is 7.38. The predicted molar refractivity (Wildman–Crippen MR) is 96.9 cm³/mol. The van der Waals surface area contributed by atoms with Crippen molar-refractivity contribution in [3.63, 3.8) is 0 Å². The van der Waals surface area contributed by atoms with Crippen molar-refractivity contribution >= 4 is 35.0 Å². The van der Waals surface area contributed by atoms with E-state index in [1.54, 1.807) is 17.0 Å². The van der Waals surface area contributed by atoms with Gasteiger partial charge in [0, 0.05) is 10.7 Å². The van der Waals surface area contributed by atoms with Crippen LogP contribution >= 0.6 is 23.4 Å². The van der Waals surface area contributed by atoms with Crippen molar-refractivity contribution in [2.45, 2.75) is 12.1 Å². The van der Waals surface area contributed by atoms with Gasteiger partial charge in [-0.1, -0.05) is 35.5 Å². The van der Waals surface area contributed by atoms with E-state index in [2.05, 4.69) is 15.5 Å². The Hall–Kier alpha value is -2.38. The van der Waals surface area contributed by atoms with Gasteiger partial charge in [-0.25, -0.2) is 4.39 Å². The van der Waals surface area contributed by atoms with Crippen molar-refractivity contribution in [1.82, 2.24) is 14.8 Å². The molecule has 0 atom stereocenters. The van der Waals surface area contributed by atoms with Crippen molar-refractivity contribution in [1.29, 1.82) is 0 Å². The van der Waals surface area contributed by atoms with Gasteiger partial charge in [0.25, 0.3) is 0 Å². The molecule has 0 saturated heterocycles. The topological polar surface area (TPSA) is 59.8 Å². The Bertz CT molecular complexity index is 915. The Labute approximate surface area is 153 Å². The van der Waals surface area contributed by atoms with Crippen molar-refractivity contribution in [3.05, 3.63) is 65.2 Å². The molecule has 0 bridgehead atoms. The molecule has 1 heterocycles. The highest BCUT2D eigenvalue weighted by Crippen LogP contribution is 2.24. The molecule has 5 nitrogen and oxygen atoms in total. The van der Waals surface area contributed by atoms with Crippen LogP contribution in [0, 0.1) is 12.7 Å². The summed E-state index contributed by atoms with van der Waals surface area (Å²) in [6.45, 7) is 1.92. The lowest BCUT2D eigenvalue weighted by atomic mass is 10.2. The molecule has 1 amide bonds. The predicted octanol–water partition coefficient (Wildman–Crippen LogP) is 4.10. The van der Waals surface area contributed by atoms with Crippen molar-refractivity contribution in [3.8, 4) is 5.69 Å². The maximum absolute atomic E-state index is 13.1. The number of aromatic nitrogens is 3. The van der Waals surface area contributed by atoms with E-state index in [4.69, 9.17) is 11.6 Å². The molecule has 8 heteroatoms. The van der Waals surface area contributed by atoms with Crippen LogP contribution in [-0.2, 0) is 4.79 Å². The van der Waals surface area contributed by atoms with Crippen LogP contribution in [0.4, 0.5) is 10.1 Å². The molecule has 25 heavy (non-hydrogen) atoms. The van der Waals surface area contributed by atoms with Crippen LogP contribution in [0.1, 0.15) is 5.56 Å². The molecule has 0 radical (unpaired) electrons. The lowest BCUT2D eigenvalue weighted by Gasteiger charge is -2.08. The third kappa shape index (κ3) is 4.37. The number of aryl methyl sites for hydroxylation is 1. The number of amides is 1. The van der Waals surface area contributed by atoms with Crippen LogP contribution in [-0.4, -0.2) is 26.4 Å². The molecular formula is C17H14ClFN4OS. The summed E-state index contributed by atoms with van der Waals surface area (Å²) >= 11 is 7.39. The number of halogens is 2. The Morgan fingerprint density at radius 1 is 1.32 bits per heavy atom. The van der Waals surface area contributed by atoms with E-state index in [0.717, 1.165) is 11.3 Å². The number of thioether (sulfide) groups is 1. The molecule has 1 aromatic heterocycles. The zero-order chi connectivity index (χ0) is 17.8. The smallest absolute Gasteiger partial charge is 0.234 e. The Morgan fingerprint density at radius 3 is 2.92 bits per heavy atom. The molecule has 3 rings (SSSR count). The molecule has 0 aliphatic carbocycles. The summed E-state index contributed by atoms with van der Waals surface area (Å²) in [5.74, 6) is -0.539. The van der Waals surface area contributed by atoms with E-state index >= 15 is 0 Å². The number of hydrogen-bond donors (Lipinski definition) is 1. The highest BCUT2D eigenvalue weighted by Gasteiger charge is 2.11. The summed E-state index contributed by atoms with van der Waals surface area (Å²) in [5, 5.41) is 11.8. The lowest BCUT2D eigenvalue weighted by Crippen LogP contribution is -2.14. The summed E-state index contributed by atoms with van der Waals surface area (Å²) < 4.78 is 14.9. The summed E-state index contributed by atoms with van der Waals surface area (Å²) in [4.78, 5) is 12.0. The fraction of sp³-hybridized carbons (Fsp3) is 0.118. The maximum atomic E-state index is 13.1. The summed E-state index contributed by atoms with van der Waals surface area (Å²) in [6.07, 6.45) is 1.56. The standard InChI is InChI=1S/C17H14ClFN4OS/c1-11-5-6-14(8-15(11)18)23-10-20-22-17(23)25-9-16(24)21-13-4-2-3-12(19)7-13/h2-8,10H,9H2,1H3,(H,21,24). The lowest BCUT2D eigenvalue weighted by molar-refractivity contribution is -0.113. The average molecular weight is 377 g/mol. The second-order valence-corrected chi connectivity index (χ2v) is 6.61. The van der Waals surface area contributed by atoms with Crippen LogP contribution in [0.25, 0.3) is 5.69 Å². The van der Waals surface area contributed by atoms with E-state index in [1.807, 2.05) is 25.1 Å².